The van der Waals surface area contributed by atoms with Gasteiger partial charge in [0.25, 0.3) is 0 Å². The minimum absolute atomic E-state index is 0.00338. The van der Waals surface area contributed by atoms with E-state index in [0.717, 1.165) is 70.6 Å². The Morgan fingerprint density at radius 1 is 0.559 bits per heavy atom. The molecule has 0 aromatic heterocycles. The molecule has 0 amide bonds. The van der Waals surface area contributed by atoms with Gasteiger partial charge in [0.05, 0.1) is 19.8 Å². The van der Waals surface area contributed by atoms with Crippen LogP contribution in [0.2, 0.25) is 0 Å². The number of allylic oxidation sites excluding steroid dienone is 10. The van der Waals surface area contributed by atoms with Gasteiger partial charge in [0, 0.05) is 13.0 Å². The summed E-state index contributed by atoms with van der Waals surface area (Å²) in [6.45, 7) is 3.74. The van der Waals surface area contributed by atoms with Gasteiger partial charge in [-0.05, 0) is 57.8 Å². The Balaban J connectivity index is 4.26. The van der Waals surface area contributed by atoms with E-state index in [0.29, 0.717) is 13.0 Å². The molecule has 3 atom stereocenters. The van der Waals surface area contributed by atoms with E-state index in [2.05, 4.69) is 74.6 Å². The van der Waals surface area contributed by atoms with Crippen molar-refractivity contribution >= 4 is 19.8 Å². The number of phosphoric acid groups is 1. The monoisotopic (exact) mass is 852 g/mol. The molecule has 0 saturated heterocycles. The molecular weight excluding hydrogens is 766 g/mol. The highest BCUT2D eigenvalue weighted by atomic mass is 31.2. The molecule has 0 fully saturated rings. The Bertz CT molecular complexity index is 1170. The average molecular weight is 852 g/mol. The van der Waals surface area contributed by atoms with Crippen LogP contribution in [0.25, 0.3) is 0 Å². The van der Waals surface area contributed by atoms with Crippen molar-refractivity contribution in [2.24, 2.45) is 5.73 Å². The van der Waals surface area contributed by atoms with Crippen molar-refractivity contribution in [2.75, 3.05) is 26.4 Å². The van der Waals surface area contributed by atoms with Crippen molar-refractivity contribution < 1.29 is 42.7 Å². The smallest absolute Gasteiger partial charge is 0.472 e. The SMILES string of the molecule is CC/C=C\C/C=C\C/C=C\C/C=C\C/C=C\CCCCCC(=O)OC(COCCCCCCCCCCCCCCCCCCCC)COP(=O)(O)OCC(N)C(=O)O. The van der Waals surface area contributed by atoms with E-state index < -0.39 is 45.1 Å². The maximum absolute atomic E-state index is 12.6. The van der Waals surface area contributed by atoms with Crippen molar-refractivity contribution in [1.82, 2.24) is 0 Å². The number of carbonyl (C=O) groups is 2. The fraction of sp³-hybridized carbons (Fsp3) is 0.750. The molecule has 0 rings (SSSR count). The fourth-order valence-corrected chi connectivity index (χ4v) is 7.00. The molecule has 0 aromatic carbocycles. The van der Waals surface area contributed by atoms with Gasteiger partial charge in [-0.2, -0.15) is 0 Å². The summed E-state index contributed by atoms with van der Waals surface area (Å²) in [5.74, 6) is -1.81. The van der Waals surface area contributed by atoms with Crippen LogP contribution >= 0.6 is 7.82 Å². The second-order valence-corrected chi connectivity index (χ2v) is 17.0. The molecule has 0 spiro atoms. The molecule has 0 radical (unpaired) electrons. The molecule has 11 heteroatoms. The summed E-state index contributed by atoms with van der Waals surface area (Å²) in [4.78, 5) is 33.6. The number of hydrogen-bond donors (Lipinski definition) is 3. The first-order valence-electron chi connectivity index (χ1n) is 23.3. The predicted octanol–water partition coefficient (Wildman–Crippen LogP) is 13.2. The summed E-state index contributed by atoms with van der Waals surface area (Å²) in [6.07, 6.45) is 52.7. The zero-order valence-corrected chi connectivity index (χ0v) is 38.2. The van der Waals surface area contributed by atoms with Crippen LogP contribution < -0.4 is 5.73 Å². The number of ether oxygens (including phenoxy) is 2. The van der Waals surface area contributed by atoms with E-state index in [1.54, 1.807) is 0 Å². The molecule has 342 valence electrons. The number of phosphoric ester groups is 1. The summed E-state index contributed by atoms with van der Waals surface area (Å²) in [5, 5.41) is 8.91. The summed E-state index contributed by atoms with van der Waals surface area (Å²) in [7, 11) is -4.63. The zero-order chi connectivity index (χ0) is 43.3. The van der Waals surface area contributed by atoms with Crippen LogP contribution in [0.1, 0.15) is 194 Å². The first-order valence-corrected chi connectivity index (χ1v) is 24.8. The summed E-state index contributed by atoms with van der Waals surface area (Å²) >= 11 is 0. The number of carboxylic acids is 1. The molecule has 0 heterocycles. The number of nitrogens with two attached hydrogens (primary N) is 1. The maximum atomic E-state index is 12.6. The number of aliphatic carboxylic acids is 1. The Hall–Kier alpha value is -2.33. The maximum Gasteiger partial charge on any atom is 0.472 e. The number of unbranched alkanes of at least 4 members (excludes halogenated alkanes) is 20. The van der Waals surface area contributed by atoms with Gasteiger partial charge in [-0.25, -0.2) is 4.57 Å². The second kappa shape index (κ2) is 43.7. The second-order valence-electron chi connectivity index (χ2n) is 15.5. The third-order valence-corrected chi connectivity index (χ3v) is 10.8. The highest BCUT2D eigenvalue weighted by Gasteiger charge is 2.27. The standard InChI is InChI=1S/C48H86NO9P/c1-3-5-7-9-11-13-15-17-19-21-23-24-26-28-30-32-34-36-38-40-47(50)58-45(43-56-59(53,54)57-44-46(49)48(51)52)42-55-41-39-37-35-33-31-29-27-25-22-20-18-16-14-12-10-8-6-4-2/h5,7,11,13,17,19,23-24,28,30,45-46H,3-4,6,8-10,12,14-16,18,20-22,25-27,29,31-44,49H2,1-2H3,(H,51,52)(H,53,54)/b7-5-,13-11-,19-17-,24-23-,30-28-. The lowest BCUT2D eigenvalue weighted by atomic mass is 10.0. The van der Waals surface area contributed by atoms with Crippen molar-refractivity contribution in [3.05, 3.63) is 60.8 Å². The molecule has 0 bridgehead atoms. The predicted molar refractivity (Wildman–Crippen MR) is 244 cm³/mol. The fourth-order valence-electron chi connectivity index (χ4n) is 6.22. The molecule has 0 aliphatic carbocycles. The van der Waals surface area contributed by atoms with Gasteiger partial charge >= 0.3 is 19.8 Å². The quantitative estimate of drug-likeness (QED) is 0.0233. The Kier molecular flexibility index (Phi) is 42.0. The lowest BCUT2D eigenvalue weighted by molar-refractivity contribution is -0.154. The molecule has 0 aromatic rings. The Morgan fingerprint density at radius 3 is 1.46 bits per heavy atom. The van der Waals surface area contributed by atoms with Crippen LogP contribution in [0.15, 0.2) is 60.8 Å². The lowest BCUT2D eigenvalue weighted by Crippen LogP contribution is -2.34. The molecule has 0 aliphatic heterocycles. The molecule has 10 nitrogen and oxygen atoms in total. The van der Waals surface area contributed by atoms with E-state index >= 15 is 0 Å². The van der Waals surface area contributed by atoms with E-state index in [1.165, 1.54) is 96.3 Å². The van der Waals surface area contributed by atoms with Crippen LogP contribution in [0, 0.1) is 0 Å². The molecule has 3 unspecified atom stereocenters. The molecule has 0 aliphatic rings. The average Bonchev–Trinajstić information content (AvgIpc) is 3.21. The molecule has 4 N–H and O–H groups in total. The number of esters is 1. The minimum atomic E-state index is -4.63. The van der Waals surface area contributed by atoms with E-state index in [9.17, 15) is 19.0 Å². The van der Waals surface area contributed by atoms with Crippen LogP contribution in [0.4, 0.5) is 0 Å². The van der Waals surface area contributed by atoms with Crippen LogP contribution in [-0.4, -0.2) is 60.5 Å². The largest absolute Gasteiger partial charge is 0.480 e. The third-order valence-electron chi connectivity index (χ3n) is 9.81. The van der Waals surface area contributed by atoms with E-state index in [1.807, 2.05) is 0 Å². The van der Waals surface area contributed by atoms with Crippen LogP contribution in [0.5, 0.6) is 0 Å². The highest BCUT2D eigenvalue weighted by Crippen LogP contribution is 2.43. The molecule has 59 heavy (non-hydrogen) atoms. The first kappa shape index (κ1) is 56.7. The lowest BCUT2D eigenvalue weighted by Gasteiger charge is -2.20. The van der Waals surface area contributed by atoms with E-state index in [4.69, 9.17) is 29.4 Å². The normalized spacial score (nSPS) is 14.4. The van der Waals surface area contributed by atoms with Gasteiger partial charge in [-0.1, -0.05) is 190 Å². The van der Waals surface area contributed by atoms with Crippen molar-refractivity contribution in [3.63, 3.8) is 0 Å². The summed E-state index contributed by atoms with van der Waals surface area (Å²) in [6, 6.07) is -1.48. The summed E-state index contributed by atoms with van der Waals surface area (Å²) < 4.78 is 33.4. The zero-order valence-electron chi connectivity index (χ0n) is 37.3. The summed E-state index contributed by atoms with van der Waals surface area (Å²) in [5.41, 5.74) is 5.36. The van der Waals surface area contributed by atoms with Gasteiger partial charge in [0.15, 0.2) is 0 Å². The van der Waals surface area contributed by atoms with Crippen LogP contribution in [0.3, 0.4) is 0 Å². The topological polar surface area (TPSA) is 155 Å². The van der Waals surface area contributed by atoms with Crippen molar-refractivity contribution in [2.45, 2.75) is 206 Å². The number of hydrogen-bond acceptors (Lipinski definition) is 8. The molecular formula is C48H86NO9P. The van der Waals surface area contributed by atoms with E-state index in [-0.39, 0.29) is 13.0 Å². The van der Waals surface area contributed by atoms with Crippen molar-refractivity contribution in [1.29, 1.82) is 0 Å². The van der Waals surface area contributed by atoms with Gasteiger partial charge in [0.2, 0.25) is 0 Å². The number of carbonyl (C=O) groups excluding carboxylic acids is 1. The first-order chi connectivity index (χ1) is 28.7. The number of rotatable bonds is 44. The number of carboxylic acid groups (broad SMARTS) is 1. The third kappa shape index (κ3) is 43.6. The van der Waals surface area contributed by atoms with Crippen molar-refractivity contribution in [3.8, 4) is 0 Å². The highest BCUT2D eigenvalue weighted by molar-refractivity contribution is 7.47. The molecule has 0 saturated carbocycles. The van der Waals surface area contributed by atoms with Gasteiger partial charge in [0.1, 0.15) is 12.1 Å². The minimum Gasteiger partial charge on any atom is -0.480 e. The van der Waals surface area contributed by atoms with Crippen LogP contribution in [-0.2, 0) is 32.7 Å². The van der Waals surface area contributed by atoms with Gasteiger partial charge in [-0.3, -0.25) is 18.6 Å². The Morgan fingerprint density at radius 2 is 0.983 bits per heavy atom. The van der Waals surface area contributed by atoms with Gasteiger partial charge in [-0.15, -0.1) is 0 Å². The Labute approximate surface area is 360 Å². The van der Waals surface area contributed by atoms with Gasteiger partial charge < -0.3 is 25.2 Å².